The van der Waals surface area contributed by atoms with Crippen LogP contribution in [-0.2, 0) is 4.79 Å². The monoisotopic (exact) mass is 308 g/mol. The van der Waals surface area contributed by atoms with Crippen LogP contribution < -0.4 is 22.1 Å². The molecule has 1 amide bonds. The number of amides is 1. The third-order valence-corrected chi connectivity index (χ3v) is 3.94. The molecule has 7 N–H and O–H groups in total. The molecular formula is C14H24N6O2. The fourth-order valence-corrected chi connectivity index (χ4v) is 2.56. The van der Waals surface area contributed by atoms with Crippen LogP contribution in [0, 0.1) is 5.92 Å². The second-order valence-electron chi connectivity index (χ2n) is 5.82. The van der Waals surface area contributed by atoms with E-state index in [2.05, 4.69) is 20.6 Å². The highest BCUT2D eigenvalue weighted by Gasteiger charge is 2.25. The van der Waals surface area contributed by atoms with Crippen LogP contribution in [0.15, 0.2) is 6.20 Å². The third kappa shape index (κ3) is 4.20. The highest BCUT2D eigenvalue weighted by atomic mass is 16.3. The Labute approximate surface area is 129 Å². The molecule has 1 saturated carbocycles. The lowest BCUT2D eigenvalue weighted by Gasteiger charge is -2.28. The molecule has 0 bridgehead atoms. The summed E-state index contributed by atoms with van der Waals surface area (Å²) in [6.45, 7) is 1.82. The fraction of sp³-hybridized carbons (Fsp3) is 0.643. The smallest absolute Gasteiger partial charge is 0.225 e. The summed E-state index contributed by atoms with van der Waals surface area (Å²) in [5, 5.41) is 15.4. The molecule has 0 aliphatic heterocycles. The molecule has 1 aromatic heterocycles. The lowest BCUT2D eigenvalue weighted by molar-refractivity contribution is -0.122. The maximum atomic E-state index is 11.2. The van der Waals surface area contributed by atoms with Crippen LogP contribution in [0.1, 0.15) is 32.6 Å². The van der Waals surface area contributed by atoms with Gasteiger partial charge in [-0.05, 0) is 32.6 Å². The molecule has 22 heavy (non-hydrogen) atoms. The van der Waals surface area contributed by atoms with Crippen molar-refractivity contribution in [1.29, 1.82) is 0 Å². The Bertz CT molecular complexity index is 516. The quantitative estimate of drug-likeness (QED) is 0.509. The Morgan fingerprint density at radius 3 is 2.73 bits per heavy atom. The average Bonchev–Trinajstić information content (AvgIpc) is 2.51. The minimum Gasteiger partial charge on any atom is -0.394 e. The molecule has 1 fully saturated rings. The number of carbonyl (C=O) groups is 1. The minimum absolute atomic E-state index is 0.00632. The summed E-state index contributed by atoms with van der Waals surface area (Å²) in [6.07, 6.45) is 4.81. The van der Waals surface area contributed by atoms with Crippen molar-refractivity contribution < 1.29 is 9.90 Å². The Kier molecular flexibility index (Phi) is 5.37. The van der Waals surface area contributed by atoms with E-state index in [9.17, 15) is 4.79 Å². The zero-order chi connectivity index (χ0) is 16.1. The van der Waals surface area contributed by atoms with Gasteiger partial charge in [0.2, 0.25) is 11.9 Å². The van der Waals surface area contributed by atoms with E-state index in [-0.39, 0.29) is 30.5 Å². The number of nitrogens with one attached hydrogen (secondary N) is 2. The van der Waals surface area contributed by atoms with Gasteiger partial charge in [-0.1, -0.05) is 0 Å². The SMILES string of the molecule is C[C@@H](CO)Nc1ncc(N)c(NC2CCC(C(N)=O)CC2)n1. The molecule has 8 nitrogen and oxygen atoms in total. The van der Waals surface area contributed by atoms with Gasteiger partial charge in [-0.25, -0.2) is 4.98 Å². The highest BCUT2D eigenvalue weighted by Crippen LogP contribution is 2.27. The van der Waals surface area contributed by atoms with Gasteiger partial charge in [0.15, 0.2) is 5.82 Å². The largest absolute Gasteiger partial charge is 0.394 e. The van der Waals surface area contributed by atoms with Gasteiger partial charge in [-0.3, -0.25) is 4.79 Å². The molecule has 0 aromatic carbocycles. The topological polar surface area (TPSA) is 139 Å². The number of hydrogen-bond donors (Lipinski definition) is 5. The van der Waals surface area contributed by atoms with E-state index in [0.29, 0.717) is 17.5 Å². The Morgan fingerprint density at radius 2 is 2.14 bits per heavy atom. The number of hydrogen-bond acceptors (Lipinski definition) is 7. The highest BCUT2D eigenvalue weighted by molar-refractivity contribution is 5.76. The Morgan fingerprint density at radius 1 is 1.45 bits per heavy atom. The van der Waals surface area contributed by atoms with E-state index >= 15 is 0 Å². The lowest BCUT2D eigenvalue weighted by Crippen LogP contribution is -2.33. The summed E-state index contributed by atoms with van der Waals surface area (Å²) in [4.78, 5) is 19.6. The van der Waals surface area contributed by atoms with Crippen molar-refractivity contribution in [1.82, 2.24) is 9.97 Å². The number of rotatable bonds is 6. The predicted molar refractivity (Wildman–Crippen MR) is 85.2 cm³/mol. The van der Waals surface area contributed by atoms with Gasteiger partial charge in [-0.2, -0.15) is 4.98 Å². The minimum atomic E-state index is -0.218. The van der Waals surface area contributed by atoms with E-state index in [1.165, 1.54) is 6.20 Å². The molecule has 2 rings (SSSR count). The van der Waals surface area contributed by atoms with Gasteiger partial charge in [0.1, 0.15) is 0 Å². The zero-order valence-corrected chi connectivity index (χ0v) is 12.7. The van der Waals surface area contributed by atoms with Crippen LogP contribution in [0.5, 0.6) is 0 Å². The first-order valence-corrected chi connectivity index (χ1v) is 7.55. The van der Waals surface area contributed by atoms with Gasteiger partial charge in [0, 0.05) is 18.0 Å². The van der Waals surface area contributed by atoms with Gasteiger partial charge in [0.05, 0.1) is 18.5 Å². The normalized spacial score (nSPS) is 22.8. The van der Waals surface area contributed by atoms with Crippen LogP contribution >= 0.6 is 0 Å². The number of nitrogen functional groups attached to an aromatic ring is 1. The summed E-state index contributed by atoms with van der Waals surface area (Å²) in [6, 6.07) is 0.0818. The molecule has 0 radical (unpaired) electrons. The molecule has 1 aliphatic carbocycles. The molecule has 0 spiro atoms. The molecule has 0 saturated heterocycles. The van der Waals surface area contributed by atoms with E-state index in [4.69, 9.17) is 16.6 Å². The number of primary amides is 1. The molecule has 1 aromatic rings. The van der Waals surface area contributed by atoms with E-state index in [0.717, 1.165) is 25.7 Å². The Balaban J connectivity index is 1.97. The molecule has 1 heterocycles. The van der Waals surface area contributed by atoms with E-state index < -0.39 is 0 Å². The van der Waals surface area contributed by atoms with Crippen molar-refractivity contribution >= 4 is 23.4 Å². The number of anilines is 3. The van der Waals surface area contributed by atoms with Gasteiger partial charge in [-0.15, -0.1) is 0 Å². The van der Waals surface area contributed by atoms with Crippen molar-refractivity contribution in [2.45, 2.75) is 44.7 Å². The molecular weight excluding hydrogens is 284 g/mol. The van der Waals surface area contributed by atoms with Crippen molar-refractivity contribution in [3.05, 3.63) is 6.20 Å². The molecule has 0 unspecified atom stereocenters. The van der Waals surface area contributed by atoms with Crippen LogP contribution in [0.3, 0.4) is 0 Å². The number of nitrogens with two attached hydrogens (primary N) is 2. The summed E-state index contributed by atoms with van der Waals surface area (Å²) in [5.74, 6) is 0.752. The van der Waals surface area contributed by atoms with Crippen LogP contribution in [0.4, 0.5) is 17.5 Å². The van der Waals surface area contributed by atoms with Crippen molar-refractivity contribution in [3.63, 3.8) is 0 Å². The Hall–Kier alpha value is -2.09. The van der Waals surface area contributed by atoms with E-state index in [1.54, 1.807) is 0 Å². The van der Waals surface area contributed by atoms with Gasteiger partial charge in [0.25, 0.3) is 0 Å². The summed E-state index contributed by atoms with van der Waals surface area (Å²) in [7, 11) is 0. The maximum absolute atomic E-state index is 11.2. The number of aromatic nitrogens is 2. The van der Waals surface area contributed by atoms with Crippen molar-refractivity contribution in [3.8, 4) is 0 Å². The second kappa shape index (κ2) is 7.26. The van der Waals surface area contributed by atoms with E-state index in [1.807, 2.05) is 6.92 Å². The number of carbonyl (C=O) groups excluding carboxylic acids is 1. The summed E-state index contributed by atoms with van der Waals surface area (Å²) >= 11 is 0. The zero-order valence-electron chi connectivity index (χ0n) is 12.7. The standard InChI is InChI=1S/C14H24N6O2/c1-8(7-21)18-14-17-6-11(15)13(20-14)19-10-4-2-9(3-5-10)12(16)22/h6,8-10,21H,2-5,7,15H2,1H3,(H2,16,22)(H2,17,18,19,20)/t8-,9?,10?/m0/s1. The van der Waals surface area contributed by atoms with Crippen LogP contribution in [0.2, 0.25) is 0 Å². The molecule has 122 valence electrons. The predicted octanol–water partition coefficient (Wildman–Crippen LogP) is 0.307. The van der Waals surface area contributed by atoms with Crippen molar-refractivity contribution in [2.75, 3.05) is 23.0 Å². The van der Waals surface area contributed by atoms with Crippen molar-refractivity contribution in [2.24, 2.45) is 11.7 Å². The van der Waals surface area contributed by atoms with Gasteiger partial charge >= 0.3 is 0 Å². The second-order valence-corrected chi connectivity index (χ2v) is 5.82. The lowest BCUT2D eigenvalue weighted by atomic mass is 9.85. The molecule has 1 atom stereocenters. The first kappa shape index (κ1) is 16.3. The number of nitrogens with zero attached hydrogens (tertiary/aromatic N) is 2. The maximum Gasteiger partial charge on any atom is 0.225 e. The third-order valence-electron chi connectivity index (χ3n) is 3.94. The summed E-state index contributed by atoms with van der Waals surface area (Å²) in [5.41, 5.74) is 11.7. The average molecular weight is 308 g/mol. The number of aliphatic hydroxyl groups excluding tert-OH is 1. The molecule has 1 aliphatic rings. The van der Waals surface area contributed by atoms with Gasteiger partial charge < -0.3 is 27.2 Å². The molecule has 8 heteroatoms. The first-order chi connectivity index (χ1) is 10.5. The number of aliphatic hydroxyl groups is 1. The summed E-state index contributed by atoms with van der Waals surface area (Å²) < 4.78 is 0. The van der Waals surface area contributed by atoms with Crippen LogP contribution in [-0.4, -0.2) is 39.7 Å². The first-order valence-electron chi connectivity index (χ1n) is 7.55. The fourth-order valence-electron chi connectivity index (χ4n) is 2.56. The van der Waals surface area contributed by atoms with Crippen LogP contribution in [0.25, 0.3) is 0 Å².